The van der Waals surface area contributed by atoms with E-state index >= 15 is 0 Å². The first kappa shape index (κ1) is 13.1. The maximum atomic E-state index is 11.0. The van der Waals surface area contributed by atoms with E-state index in [-0.39, 0.29) is 0 Å². The smallest absolute Gasteiger partial charge is 0.363 e. The highest BCUT2D eigenvalue weighted by Crippen LogP contribution is 2.19. The lowest BCUT2D eigenvalue weighted by Gasteiger charge is -2.21. The normalized spacial score (nSPS) is 10.2. The number of rotatable bonds is 5. The monoisotopic (exact) mass is 259 g/mol. The Morgan fingerprint density at radius 1 is 1.21 bits per heavy atom. The van der Waals surface area contributed by atoms with Gasteiger partial charge in [-0.25, -0.2) is 9.89 Å². The molecule has 2 aromatic rings. The summed E-state index contributed by atoms with van der Waals surface area (Å²) < 4.78 is 0. The minimum absolute atomic E-state index is 0.430. The van der Waals surface area contributed by atoms with Crippen molar-refractivity contribution in [1.29, 1.82) is 0 Å². The molecule has 0 unspecified atom stereocenters. The molecule has 6 heteroatoms. The molecule has 0 atom stereocenters. The summed E-state index contributed by atoms with van der Waals surface area (Å²) in [5, 5.41) is 8.95. The molecular formula is C13H17N5O. The van der Waals surface area contributed by atoms with Crippen molar-refractivity contribution in [2.75, 3.05) is 23.3 Å². The van der Waals surface area contributed by atoms with Crippen molar-refractivity contribution in [2.45, 2.75) is 13.8 Å². The molecule has 1 aromatic carbocycles. The molecule has 0 aliphatic carbocycles. The van der Waals surface area contributed by atoms with Gasteiger partial charge < -0.3 is 10.2 Å². The van der Waals surface area contributed by atoms with Gasteiger partial charge in [0.1, 0.15) is 0 Å². The fourth-order valence-corrected chi connectivity index (χ4v) is 1.86. The molecule has 0 saturated heterocycles. The van der Waals surface area contributed by atoms with E-state index in [0.29, 0.717) is 5.82 Å². The van der Waals surface area contributed by atoms with Gasteiger partial charge in [-0.05, 0) is 38.1 Å². The summed E-state index contributed by atoms with van der Waals surface area (Å²) in [7, 11) is 0. The zero-order chi connectivity index (χ0) is 13.7. The standard InChI is InChI=1S/C13H17N5O/c1-3-18(4-2)11-7-5-10(6-8-11)15-12-9-14-17-13(19)16-12/h5-9H,3-4H2,1-2H3,(H2,15,16,17,19). The maximum absolute atomic E-state index is 11.0. The summed E-state index contributed by atoms with van der Waals surface area (Å²) in [5.41, 5.74) is 1.58. The molecule has 1 heterocycles. The number of hydrogen-bond acceptors (Lipinski definition) is 5. The Kier molecular flexibility index (Phi) is 4.12. The zero-order valence-electron chi connectivity index (χ0n) is 11.1. The third kappa shape index (κ3) is 3.31. The molecule has 0 aliphatic rings. The topological polar surface area (TPSA) is 73.9 Å². The van der Waals surface area contributed by atoms with Crippen molar-refractivity contribution in [3.05, 3.63) is 40.9 Å². The molecule has 1 aromatic heterocycles. The number of H-pyrrole nitrogens is 1. The first-order valence-electron chi connectivity index (χ1n) is 6.26. The highest BCUT2D eigenvalue weighted by atomic mass is 16.1. The number of hydrogen-bond donors (Lipinski definition) is 2. The molecular weight excluding hydrogens is 242 g/mol. The minimum Gasteiger partial charge on any atom is -0.372 e. The van der Waals surface area contributed by atoms with Crippen molar-refractivity contribution < 1.29 is 0 Å². The van der Waals surface area contributed by atoms with Crippen LogP contribution in [0.5, 0.6) is 0 Å². The molecule has 100 valence electrons. The molecule has 0 saturated carbocycles. The maximum Gasteiger partial charge on any atom is 0.363 e. The van der Waals surface area contributed by atoms with E-state index in [1.165, 1.54) is 11.9 Å². The highest BCUT2D eigenvalue weighted by molar-refractivity contribution is 5.60. The number of nitrogens with zero attached hydrogens (tertiary/aromatic N) is 3. The van der Waals surface area contributed by atoms with Crippen molar-refractivity contribution >= 4 is 17.2 Å². The predicted octanol–water partition coefficient (Wildman–Crippen LogP) is 1.75. The average Bonchev–Trinajstić information content (AvgIpc) is 2.42. The van der Waals surface area contributed by atoms with Crippen LogP contribution in [0, 0.1) is 0 Å². The van der Waals surface area contributed by atoms with Crippen LogP contribution >= 0.6 is 0 Å². The van der Waals surface area contributed by atoms with Gasteiger partial charge in [0, 0.05) is 24.5 Å². The fraction of sp³-hybridized carbons (Fsp3) is 0.308. The van der Waals surface area contributed by atoms with Gasteiger partial charge in [-0.15, -0.1) is 0 Å². The van der Waals surface area contributed by atoms with Gasteiger partial charge in [0.25, 0.3) is 0 Å². The van der Waals surface area contributed by atoms with E-state index in [0.717, 1.165) is 18.8 Å². The second-order valence-corrected chi connectivity index (χ2v) is 4.02. The van der Waals surface area contributed by atoms with Gasteiger partial charge in [0.15, 0.2) is 5.82 Å². The number of aromatic amines is 1. The van der Waals surface area contributed by atoms with Crippen LogP contribution in [0.25, 0.3) is 0 Å². The first-order valence-corrected chi connectivity index (χ1v) is 6.26. The van der Waals surface area contributed by atoms with Crippen LogP contribution in [0.3, 0.4) is 0 Å². The third-order valence-electron chi connectivity index (χ3n) is 2.84. The number of anilines is 3. The SMILES string of the molecule is CCN(CC)c1ccc(Nc2cn[nH]c(=O)n2)cc1. The highest BCUT2D eigenvalue weighted by Gasteiger charge is 2.02. The lowest BCUT2D eigenvalue weighted by molar-refractivity contribution is 0.866. The average molecular weight is 259 g/mol. The van der Waals surface area contributed by atoms with E-state index in [9.17, 15) is 4.79 Å². The van der Waals surface area contributed by atoms with Gasteiger partial charge in [-0.1, -0.05) is 0 Å². The Morgan fingerprint density at radius 3 is 2.47 bits per heavy atom. The molecule has 0 aliphatic heterocycles. The number of aromatic nitrogens is 3. The van der Waals surface area contributed by atoms with Gasteiger partial charge in [0.05, 0.1) is 6.20 Å². The van der Waals surface area contributed by atoms with Gasteiger partial charge in [-0.2, -0.15) is 10.1 Å². The lowest BCUT2D eigenvalue weighted by atomic mass is 10.2. The van der Waals surface area contributed by atoms with Crippen molar-refractivity contribution in [1.82, 2.24) is 15.2 Å². The molecule has 0 amide bonds. The molecule has 0 fully saturated rings. The van der Waals surface area contributed by atoms with Crippen molar-refractivity contribution in [2.24, 2.45) is 0 Å². The van der Waals surface area contributed by atoms with Crippen LogP contribution in [0.2, 0.25) is 0 Å². The summed E-state index contributed by atoms with van der Waals surface area (Å²) in [6.07, 6.45) is 1.47. The van der Waals surface area contributed by atoms with E-state index in [1.807, 2.05) is 24.3 Å². The quantitative estimate of drug-likeness (QED) is 0.855. The summed E-state index contributed by atoms with van der Waals surface area (Å²) >= 11 is 0. The predicted molar refractivity (Wildman–Crippen MR) is 75.9 cm³/mol. The summed E-state index contributed by atoms with van der Waals surface area (Å²) in [6, 6.07) is 7.99. The largest absolute Gasteiger partial charge is 0.372 e. The van der Waals surface area contributed by atoms with E-state index in [1.54, 1.807) is 0 Å². The van der Waals surface area contributed by atoms with Crippen molar-refractivity contribution in [3.8, 4) is 0 Å². The van der Waals surface area contributed by atoms with Crippen LogP contribution in [0.4, 0.5) is 17.2 Å². The second-order valence-electron chi connectivity index (χ2n) is 4.02. The molecule has 0 spiro atoms. The number of benzene rings is 1. The van der Waals surface area contributed by atoms with Gasteiger partial charge >= 0.3 is 5.69 Å². The van der Waals surface area contributed by atoms with Gasteiger partial charge in [-0.3, -0.25) is 0 Å². The fourth-order valence-electron chi connectivity index (χ4n) is 1.86. The Bertz CT molecular complexity index is 574. The minimum atomic E-state index is -0.468. The molecule has 6 nitrogen and oxygen atoms in total. The van der Waals surface area contributed by atoms with Gasteiger partial charge in [0.2, 0.25) is 0 Å². The van der Waals surface area contributed by atoms with Crippen molar-refractivity contribution in [3.63, 3.8) is 0 Å². The Morgan fingerprint density at radius 2 is 1.89 bits per heavy atom. The second kappa shape index (κ2) is 5.99. The van der Waals surface area contributed by atoms with Crippen LogP contribution in [0.15, 0.2) is 35.3 Å². The Labute approximate surface area is 111 Å². The van der Waals surface area contributed by atoms with Crippen LogP contribution in [-0.4, -0.2) is 28.3 Å². The van der Waals surface area contributed by atoms with E-state index in [2.05, 4.69) is 39.2 Å². The van der Waals surface area contributed by atoms with E-state index in [4.69, 9.17) is 0 Å². The van der Waals surface area contributed by atoms with Crippen LogP contribution in [0.1, 0.15) is 13.8 Å². The summed E-state index contributed by atoms with van der Waals surface area (Å²) in [6.45, 7) is 6.20. The van der Waals surface area contributed by atoms with Crippen LogP contribution in [-0.2, 0) is 0 Å². The van der Waals surface area contributed by atoms with Crippen LogP contribution < -0.4 is 15.9 Å². The van der Waals surface area contributed by atoms with E-state index < -0.39 is 5.69 Å². The molecule has 2 rings (SSSR count). The first-order chi connectivity index (χ1) is 9.22. The molecule has 19 heavy (non-hydrogen) atoms. The third-order valence-corrected chi connectivity index (χ3v) is 2.84. The summed E-state index contributed by atoms with van der Waals surface area (Å²) in [5.74, 6) is 0.430. The Balaban J connectivity index is 2.12. The molecule has 0 bridgehead atoms. The lowest BCUT2D eigenvalue weighted by Crippen LogP contribution is -2.21. The molecule has 0 radical (unpaired) electrons. The zero-order valence-corrected chi connectivity index (χ0v) is 11.1. The molecule has 2 N–H and O–H groups in total. The number of nitrogens with one attached hydrogen (secondary N) is 2. The summed E-state index contributed by atoms with van der Waals surface area (Å²) in [4.78, 5) is 17.0. The Hall–Kier alpha value is -2.37.